The van der Waals surface area contributed by atoms with Crippen molar-refractivity contribution in [3.05, 3.63) is 12.3 Å². The molecule has 0 aromatic carbocycles. The first-order valence-electron chi connectivity index (χ1n) is 7.25. The monoisotopic (exact) mass is 340 g/mol. The molecule has 0 bridgehead atoms. The Kier molecular flexibility index (Phi) is 3.23. The molecule has 22 heavy (non-hydrogen) atoms. The first kappa shape index (κ1) is 14.1. The van der Waals surface area contributed by atoms with Crippen LogP contribution in [0.15, 0.2) is 16.9 Å². The van der Waals surface area contributed by atoms with Crippen LogP contribution in [0.25, 0.3) is 10.7 Å². The number of rotatable bonds is 2. The Morgan fingerprint density at radius 3 is 2.95 bits per heavy atom. The molecule has 0 radical (unpaired) electrons. The van der Waals surface area contributed by atoms with Gasteiger partial charge in [-0.25, -0.2) is 8.42 Å². The molecule has 2 aromatic rings. The van der Waals surface area contributed by atoms with Crippen LogP contribution < -0.4 is 4.90 Å². The highest BCUT2D eigenvalue weighted by Gasteiger charge is 2.45. The maximum Gasteiger partial charge on any atom is 0.208 e. The number of piperidine rings is 1. The molecule has 2 fully saturated rings. The highest BCUT2D eigenvalue weighted by atomic mass is 32.2. The predicted molar refractivity (Wildman–Crippen MR) is 82.6 cm³/mol. The molecule has 4 rings (SSSR count). The summed E-state index contributed by atoms with van der Waals surface area (Å²) in [5, 5.41) is 13.8. The van der Waals surface area contributed by atoms with Gasteiger partial charge in [0.1, 0.15) is 12.0 Å². The Balaban J connectivity index is 1.56. The average Bonchev–Trinajstić information content (AvgIpc) is 3.19. The highest BCUT2D eigenvalue weighted by molar-refractivity contribution is 7.91. The smallest absolute Gasteiger partial charge is 0.208 e. The SMILES string of the molecule is O=S1(=O)CCC2(CCCN(c3nnc(-c4ccon4)s3)C2)C1. The van der Waals surface area contributed by atoms with Crippen LogP contribution in [0.5, 0.6) is 0 Å². The minimum atomic E-state index is -2.87. The van der Waals surface area contributed by atoms with Gasteiger partial charge < -0.3 is 9.42 Å². The lowest BCUT2D eigenvalue weighted by Crippen LogP contribution is -2.44. The molecule has 0 saturated carbocycles. The third-order valence-corrected chi connectivity index (χ3v) is 7.36. The van der Waals surface area contributed by atoms with Crippen molar-refractivity contribution < 1.29 is 12.9 Å². The molecule has 4 heterocycles. The quantitative estimate of drug-likeness (QED) is 0.820. The number of nitrogens with zero attached hydrogens (tertiary/aromatic N) is 4. The van der Waals surface area contributed by atoms with Crippen molar-refractivity contribution >= 4 is 26.3 Å². The first-order valence-corrected chi connectivity index (χ1v) is 9.89. The van der Waals surface area contributed by atoms with E-state index in [0.29, 0.717) is 17.2 Å². The summed E-state index contributed by atoms with van der Waals surface area (Å²) >= 11 is 1.47. The van der Waals surface area contributed by atoms with Crippen LogP contribution >= 0.6 is 11.3 Å². The fourth-order valence-electron chi connectivity index (χ4n) is 3.45. The van der Waals surface area contributed by atoms with Gasteiger partial charge in [-0.2, -0.15) is 0 Å². The molecule has 0 amide bonds. The van der Waals surface area contributed by atoms with Crippen LogP contribution in [-0.4, -0.2) is 48.4 Å². The van der Waals surface area contributed by atoms with Gasteiger partial charge in [-0.15, -0.1) is 10.2 Å². The molecular weight excluding hydrogens is 324 g/mol. The van der Waals surface area contributed by atoms with Crippen LogP contribution in [0.1, 0.15) is 19.3 Å². The second-order valence-electron chi connectivity index (χ2n) is 6.14. The van der Waals surface area contributed by atoms with Crippen LogP contribution in [0.3, 0.4) is 0 Å². The van der Waals surface area contributed by atoms with Gasteiger partial charge in [0.2, 0.25) is 5.13 Å². The fourth-order valence-corrected chi connectivity index (χ4v) is 6.48. The summed E-state index contributed by atoms with van der Waals surface area (Å²) in [5.41, 5.74) is 0.579. The summed E-state index contributed by atoms with van der Waals surface area (Å²) in [5.74, 6) is 0.632. The maximum atomic E-state index is 11.8. The van der Waals surface area contributed by atoms with Crippen molar-refractivity contribution in [2.24, 2.45) is 5.41 Å². The van der Waals surface area contributed by atoms with E-state index in [4.69, 9.17) is 4.52 Å². The van der Waals surface area contributed by atoms with E-state index in [1.165, 1.54) is 17.6 Å². The molecule has 1 unspecified atom stereocenters. The second-order valence-corrected chi connectivity index (χ2v) is 9.28. The Morgan fingerprint density at radius 1 is 1.32 bits per heavy atom. The summed E-state index contributed by atoms with van der Waals surface area (Å²) in [7, 11) is -2.87. The molecule has 1 spiro atoms. The molecule has 118 valence electrons. The predicted octanol–water partition coefficient (Wildman–Crippen LogP) is 1.60. The van der Waals surface area contributed by atoms with Gasteiger partial charge in [0.25, 0.3) is 0 Å². The molecule has 7 nitrogen and oxygen atoms in total. The Hall–Kier alpha value is -1.48. The molecule has 2 aliphatic rings. The Bertz CT molecular complexity index is 771. The molecular formula is C13H16N4O3S2. The van der Waals surface area contributed by atoms with Crippen LogP contribution in [0.2, 0.25) is 0 Å². The van der Waals surface area contributed by atoms with E-state index in [9.17, 15) is 8.42 Å². The van der Waals surface area contributed by atoms with E-state index in [2.05, 4.69) is 20.3 Å². The van der Waals surface area contributed by atoms with E-state index < -0.39 is 9.84 Å². The van der Waals surface area contributed by atoms with Crippen molar-refractivity contribution in [3.63, 3.8) is 0 Å². The summed E-state index contributed by atoms with van der Waals surface area (Å²) in [6.07, 6.45) is 4.25. The lowest BCUT2D eigenvalue weighted by molar-refractivity contribution is 0.270. The summed E-state index contributed by atoms with van der Waals surface area (Å²) in [6, 6.07) is 1.76. The Morgan fingerprint density at radius 2 is 2.23 bits per heavy atom. The van der Waals surface area contributed by atoms with Crippen molar-refractivity contribution in [1.29, 1.82) is 0 Å². The Labute approximate surface area is 132 Å². The zero-order valence-corrected chi connectivity index (χ0v) is 13.6. The third kappa shape index (κ3) is 2.52. The molecule has 2 aliphatic heterocycles. The lowest BCUT2D eigenvalue weighted by atomic mass is 9.80. The minimum Gasteiger partial charge on any atom is -0.364 e. The van der Waals surface area contributed by atoms with Crippen LogP contribution in [0, 0.1) is 5.41 Å². The van der Waals surface area contributed by atoms with Crippen molar-refractivity contribution in [2.45, 2.75) is 19.3 Å². The molecule has 9 heteroatoms. The summed E-state index contributed by atoms with van der Waals surface area (Å²) < 4.78 is 28.5. The zero-order valence-electron chi connectivity index (χ0n) is 11.9. The fraction of sp³-hybridized carbons (Fsp3) is 0.615. The van der Waals surface area contributed by atoms with Crippen molar-refractivity contribution in [1.82, 2.24) is 15.4 Å². The molecule has 0 N–H and O–H groups in total. The van der Waals surface area contributed by atoms with Gasteiger partial charge in [-0.3, -0.25) is 0 Å². The lowest BCUT2D eigenvalue weighted by Gasteiger charge is -2.39. The van der Waals surface area contributed by atoms with E-state index in [1.807, 2.05) is 0 Å². The second kappa shape index (κ2) is 5.02. The van der Waals surface area contributed by atoms with Gasteiger partial charge in [-0.1, -0.05) is 16.5 Å². The largest absolute Gasteiger partial charge is 0.364 e. The van der Waals surface area contributed by atoms with Gasteiger partial charge >= 0.3 is 0 Å². The van der Waals surface area contributed by atoms with Crippen molar-refractivity contribution in [2.75, 3.05) is 29.5 Å². The standard InChI is InChI=1S/C13H16N4O3S2/c18-22(19)7-4-13(9-22)3-1-5-17(8-13)12-15-14-11(21-12)10-2-6-20-16-10/h2,6H,1,3-5,7-9H2. The number of sulfone groups is 1. The minimum absolute atomic E-state index is 0.100. The first-order chi connectivity index (χ1) is 10.6. The summed E-state index contributed by atoms with van der Waals surface area (Å²) in [4.78, 5) is 2.17. The van der Waals surface area contributed by atoms with E-state index >= 15 is 0 Å². The molecule has 1 atom stereocenters. The topological polar surface area (TPSA) is 89.2 Å². The number of aromatic nitrogens is 3. The number of anilines is 1. The third-order valence-electron chi connectivity index (χ3n) is 4.47. The molecule has 2 saturated heterocycles. The normalized spacial score (nSPS) is 27.5. The van der Waals surface area contributed by atoms with Gasteiger partial charge in [0, 0.05) is 24.6 Å². The molecule has 2 aromatic heterocycles. The van der Waals surface area contributed by atoms with Crippen molar-refractivity contribution in [3.8, 4) is 10.7 Å². The average molecular weight is 340 g/mol. The van der Waals surface area contributed by atoms with Gasteiger partial charge in [-0.05, 0) is 19.3 Å². The number of hydrogen-bond acceptors (Lipinski definition) is 8. The zero-order chi connectivity index (χ0) is 15.2. The maximum absolute atomic E-state index is 11.8. The van der Waals surface area contributed by atoms with E-state index in [-0.39, 0.29) is 5.41 Å². The summed E-state index contributed by atoms with van der Waals surface area (Å²) in [6.45, 7) is 1.65. The van der Waals surface area contributed by atoms with E-state index in [0.717, 1.165) is 42.5 Å². The highest BCUT2D eigenvalue weighted by Crippen LogP contribution is 2.42. The van der Waals surface area contributed by atoms with Gasteiger partial charge in [0.15, 0.2) is 14.8 Å². The van der Waals surface area contributed by atoms with Gasteiger partial charge in [0.05, 0.1) is 11.5 Å². The van der Waals surface area contributed by atoms with Crippen LogP contribution in [-0.2, 0) is 9.84 Å². The number of hydrogen-bond donors (Lipinski definition) is 0. The van der Waals surface area contributed by atoms with Crippen LogP contribution in [0.4, 0.5) is 5.13 Å². The van der Waals surface area contributed by atoms with E-state index in [1.54, 1.807) is 6.07 Å². The molecule has 0 aliphatic carbocycles.